The van der Waals surface area contributed by atoms with Gasteiger partial charge in [0.1, 0.15) is 11.5 Å². The number of esters is 1. The second kappa shape index (κ2) is 9.20. The minimum atomic E-state index is -0.0894. The van der Waals surface area contributed by atoms with E-state index >= 15 is 0 Å². The van der Waals surface area contributed by atoms with Gasteiger partial charge in [-0.1, -0.05) is 0 Å². The predicted molar refractivity (Wildman–Crippen MR) is 104 cm³/mol. The van der Waals surface area contributed by atoms with E-state index in [1.807, 2.05) is 19.1 Å². The fraction of sp³-hybridized carbons (Fsp3) is 0.526. The van der Waals surface area contributed by atoms with Gasteiger partial charge in [0.15, 0.2) is 6.67 Å². The van der Waals surface area contributed by atoms with Crippen molar-refractivity contribution in [3.05, 3.63) is 23.0 Å². The van der Waals surface area contributed by atoms with Crippen LogP contribution in [-0.4, -0.2) is 49.7 Å². The van der Waals surface area contributed by atoms with E-state index in [9.17, 15) is 4.79 Å². The van der Waals surface area contributed by atoms with Crippen molar-refractivity contribution >= 4 is 18.2 Å². The number of likely N-dealkylation sites (tertiary alicyclic amines) is 1. The first-order valence-corrected chi connectivity index (χ1v) is 9.77. The molecule has 0 saturated carbocycles. The molecule has 0 radical (unpaired) electrons. The summed E-state index contributed by atoms with van der Waals surface area (Å²) in [4.78, 5) is 13.5. The van der Waals surface area contributed by atoms with Crippen molar-refractivity contribution < 1.29 is 28.3 Å². The third-order valence-electron chi connectivity index (χ3n) is 4.93. The zero-order valence-corrected chi connectivity index (χ0v) is 17.2. The van der Waals surface area contributed by atoms with Crippen molar-refractivity contribution in [2.24, 2.45) is 5.92 Å². The highest BCUT2D eigenvalue weighted by molar-refractivity contribution is 7.71. The molecule has 0 unspecified atom stereocenters. The normalized spacial score (nSPS) is 19.2. The fourth-order valence-electron chi connectivity index (χ4n) is 3.38. The lowest BCUT2D eigenvalue weighted by Gasteiger charge is -2.27. The zero-order chi connectivity index (χ0) is 20.1. The molecule has 1 aromatic heterocycles. The van der Waals surface area contributed by atoms with Crippen molar-refractivity contribution in [1.29, 1.82) is 0 Å². The monoisotopic (exact) mass is 408 g/mol. The predicted octanol–water partition coefficient (Wildman–Crippen LogP) is 1.71. The molecule has 0 bridgehead atoms. The quantitative estimate of drug-likeness (QED) is 0.552. The van der Waals surface area contributed by atoms with E-state index < -0.39 is 0 Å². The second-order valence-corrected chi connectivity index (χ2v) is 7.02. The van der Waals surface area contributed by atoms with E-state index in [-0.39, 0.29) is 11.9 Å². The lowest BCUT2D eigenvalue weighted by atomic mass is 9.97. The lowest BCUT2D eigenvalue weighted by Crippen LogP contribution is -3.12. The van der Waals surface area contributed by atoms with Gasteiger partial charge in [0.25, 0.3) is 10.7 Å². The summed E-state index contributed by atoms with van der Waals surface area (Å²) in [5.74, 6) is 1.60. The standard InChI is InChI=1S/C19H25N3O5S/c1-4-26-18(23)13-7-9-21(10-8-13)12-22-19(28)27-17(20-22)15-6-5-14(24-2)11-16(15)25-3/h5-6,11,13H,4,7-10,12H2,1-3H3/p+1. The molecule has 0 aliphatic carbocycles. The van der Waals surface area contributed by atoms with Gasteiger partial charge in [-0.3, -0.25) is 4.79 Å². The Bertz CT molecular complexity index is 871. The topological polar surface area (TPSA) is 80.2 Å². The summed E-state index contributed by atoms with van der Waals surface area (Å²) in [6.07, 6.45) is 1.61. The number of hydrogen-bond acceptors (Lipinski definition) is 7. The number of carbonyl (C=O) groups excluding carboxylic acids is 1. The molecule has 0 spiro atoms. The molecule has 1 aromatic carbocycles. The van der Waals surface area contributed by atoms with Crippen LogP contribution in [0.4, 0.5) is 0 Å². The number of nitrogens with zero attached hydrogens (tertiary/aromatic N) is 2. The molecule has 2 aromatic rings. The van der Waals surface area contributed by atoms with Crippen molar-refractivity contribution in [2.45, 2.75) is 26.4 Å². The molecule has 0 atom stereocenters. The number of quaternary nitrogens is 1. The maximum absolute atomic E-state index is 11.9. The molecule has 1 aliphatic heterocycles. The molecule has 3 rings (SSSR count). The molecule has 8 nitrogen and oxygen atoms in total. The Hall–Kier alpha value is -2.39. The van der Waals surface area contributed by atoms with Gasteiger partial charge < -0.3 is 23.5 Å². The summed E-state index contributed by atoms with van der Waals surface area (Å²) in [5.41, 5.74) is 0.712. The molecule has 2 heterocycles. The summed E-state index contributed by atoms with van der Waals surface area (Å²) in [6, 6.07) is 5.43. The Balaban J connectivity index is 1.69. The lowest BCUT2D eigenvalue weighted by molar-refractivity contribution is -0.929. The molecular weight excluding hydrogens is 382 g/mol. The highest BCUT2D eigenvalue weighted by atomic mass is 32.1. The molecule has 152 valence electrons. The number of benzene rings is 1. The molecular formula is C19H26N3O5S+. The minimum Gasteiger partial charge on any atom is -0.497 e. The smallest absolute Gasteiger partial charge is 0.309 e. The van der Waals surface area contributed by atoms with E-state index in [1.54, 1.807) is 25.0 Å². The molecule has 1 N–H and O–H groups in total. The first kappa shape index (κ1) is 20.3. The number of methoxy groups -OCH3 is 2. The Morgan fingerprint density at radius 3 is 2.71 bits per heavy atom. The van der Waals surface area contributed by atoms with Crippen LogP contribution in [0, 0.1) is 10.8 Å². The first-order chi connectivity index (χ1) is 13.5. The van der Waals surface area contributed by atoms with Gasteiger partial charge in [0.05, 0.1) is 45.4 Å². The van der Waals surface area contributed by atoms with Gasteiger partial charge in [-0.15, -0.1) is 5.10 Å². The van der Waals surface area contributed by atoms with Crippen molar-refractivity contribution in [1.82, 2.24) is 9.78 Å². The fourth-order valence-corrected chi connectivity index (χ4v) is 3.57. The Morgan fingerprint density at radius 1 is 1.32 bits per heavy atom. The summed E-state index contributed by atoms with van der Waals surface area (Å²) in [6.45, 7) is 4.58. The number of nitrogens with one attached hydrogen (secondary N) is 1. The molecule has 9 heteroatoms. The van der Waals surface area contributed by atoms with E-state index in [2.05, 4.69) is 5.10 Å². The first-order valence-electron chi connectivity index (χ1n) is 9.36. The maximum atomic E-state index is 11.9. The number of rotatable bonds is 7. The summed E-state index contributed by atoms with van der Waals surface area (Å²) in [5, 5.41) is 4.53. The van der Waals surface area contributed by atoms with Crippen molar-refractivity contribution in [3.8, 4) is 23.0 Å². The molecule has 28 heavy (non-hydrogen) atoms. The Morgan fingerprint density at radius 2 is 2.07 bits per heavy atom. The van der Waals surface area contributed by atoms with Crippen LogP contribution < -0.4 is 14.4 Å². The SMILES string of the molecule is CCOC(=O)C1CC[NH+](Cn2nc(-c3ccc(OC)cc3OC)oc2=S)CC1. The van der Waals surface area contributed by atoms with Gasteiger partial charge >= 0.3 is 5.97 Å². The highest BCUT2D eigenvalue weighted by Crippen LogP contribution is 2.32. The minimum absolute atomic E-state index is 0.00639. The van der Waals surface area contributed by atoms with Crippen LogP contribution in [0.2, 0.25) is 0 Å². The molecule has 1 aliphatic rings. The summed E-state index contributed by atoms with van der Waals surface area (Å²) >= 11 is 5.35. The van der Waals surface area contributed by atoms with Crippen LogP contribution in [0.5, 0.6) is 11.5 Å². The maximum Gasteiger partial charge on any atom is 0.309 e. The number of aromatic nitrogens is 2. The van der Waals surface area contributed by atoms with Crippen molar-refractivity contribution in [3.63, 3.8) is 0 Å². The van der Waals surface area contributed by atoms with Crippen LogP contribution in [0.3, 0.4) is 0 Å². The van der Waals surface area contributed by atoms with Gasteiger partial charge in [-0.05, 0) is 31.3 Å². The number of ether oxygens (including phenoxy) is 3. The molecule has 1 fully saturated rings. The van der Waals surface area contributed by atoms with Crippen LogP contribution in [0.25, 0.3) is 11.5 Å². The largest absolute Gasteiger partial charge is 0.497 e. The summed E-state index contributed by atoms with van der Waals surface area (Å²) < 4.78 is 23.2. The summed E-state index contributed by atoms with van der Waals surface area (Å²) in [7, 11) is 3.19. The number of hydrogen-bond donors (Lipinski definition) is 1. The van der Waals surface area contributed by atoms with Gasteiger partial charge in [0.2, 0.25) is 0 Å². The van der Waals surface area contributed by atoms with Crippen LogP contribution in [-0.2, 0) is 16.2 Å². The third kappa shape index (κ3) is 4.53. The molecule has 1 saturated heterocycles. The van der Waals surface area contributed by atoms with Gasteiger partial charge in [-0.2, -0.15) is 4.68 Å². The second-order valence-electron chi connectivity index (χ2n) is 6.67. The zero-order valence-electron chi connectivity index (χ0n) is 16.4. The van der Waals surface area contributed by atoms with E-state index in [1.165, 1.54) is 4.90 Å². The van der Waals surface area contributed by atoms with Gasteiger partial charge in [-0.25, -0.2) is 0 Å². The highest BCUT2D eigenvalue weighted by Gasteiger charge is 2.29. The van der Waals surface area contributed by atoms with E-state index in [0.717, 1.165) is 25.9 Å². The van der Waals surface area contributed by atoms with Crippen LogP contribution >= 0.6 is 12.2 Å². The molecule has 0 amide bonds. The third-order valence-corrected chi connectivity index (χ3v) is 5.23. The Kier molecular flexibility index (Phi) is 6.69. The number of piperidine rings is 1. The van der Waals surface area contributed by atoms with Crippen LogP contribution in [0.1, 0.15) is 19.8 Å². The van der Waals surface area contributed by atoms with E-state index in [0.29, 0.717) is 41.1 Å². The number of carbonyl (C=O) groups is 1. The van der Waals surface area contributed by atoms with Crippen molar-refractivity contribution in [2.75, 3.05) is 33.9 Å². The van der Waals surface area contributed by atoms with Gasteiger partial charge in [0, 0.05) is 18.9 Å². The average Bonchev–Trinajstić information content (AvgIpc) is 3.08. The van der Waals surface area contributed by atoms with Crippen LogP contribution in [0.15, 0.2) is 22.6 Å². The average molecular weight is 409 g/mol. The van der Waals surface area contributed by atoms with E-state index in [4.69, 9.17) is 30.8 Å². The Labute approximate surface area is 169 Å².